The first kappa shape index (κ1) is 23.4. The molecule has 1 amide bonds. The summed E-state index contributed by atoms with van der Waals surface area (Å²) < 4.78 is 39.1. The van der Waals surface area contributed by atoms with Crippen LogP contribution in [0.3, 0.4) is 0 Å². The number of piperazine rings is 1. The van der Waals surface area contributed by atoms with Crippen LogP contribution in [0.15, 0.2) is 12.1 Å². The SMILES string of the molecule is CCCCCOc1ccc(F)c(COC(=O)N2CCNCC2CC)c1F.Cl. The second kappa shape index (κ2) is 12.0. The summed E-state index contributed by atoms with van der Waals surface area (Å²) in [6, 6.07) is 2.44. The highest BCUT2D eigenvalue weighted by Crippen LogP contribution is 2.24. The topological polar surface area (TPSA) is 50.8 Å². The third-order valence-corrected chi connectivity index (χ3v) is 4.55. The molecule has 1 heterocycles. The minimum Gasteiger partial charge on any atom is -0.491 e. The minimum atomic E-state index is -0.804. The maximum atomic E-state index is 14.5. The van der Waals surface area contributed by atoms with Crippen molar-refractivity contribution in [1.29, 1.82) is 0 Å². The Hall–Kier alpha value is -1.60. The standard InChI is InChI=1S/C19H28F2N2O3.ClH/c1-3-5-6-11-25-17-8-7-16(20)15(18(17)21)13-26-19(24)23-10-9-22-12-14(23)4-2;/h7-8,14,22H,3-6,9-13H2,1-2H3;1H. The van der Waals surface area contributed by atoms with Crippen LogP contribution in [0.1, 0.15) is 45.1 Å². The molecule has 1 aromatic rings. The van der Waals surface area contributed by atoms with Gasteiger partial charge in [-0.25, -0.2) is 13.6 Å². The summed E-state index contributed by atoms with van der Waals surface area (Å²) in [5.74, 6) is -1.56. The summed E-state index contributed by atoms with van der Waals surface area (Å²) in [6.07, 6.45) is 3.05. The number of halogens is 3. The fourth-order valence-electron chi connectivity index (χ4n) is 2.94. The number of nitrogens with one attached hydrogen (secondary N) is 1. The summed E-state index contributed by atoms with van der Waals surface area (Å²) in [7, 11) is 0. The van der Waals surface area contributed by atoms with Gasteiger partial charge in [0, 0.05) is 25.7 Å². The minimum absolute atomic E-state index is 0. The molecule has 1 N–H and O–H groups in total. The zero-order chi connectivity index (χ0) is 18.9. The van der Waals surface area contributed by atoms with Crippen molar-refractivity contribution in [2.45, 2.75) is 52.2 Å². The van der Waals surface area contributed by atoms with Gasteiger partial charge in [0.05, 0.1) is 12.2 Å². The summed E-state index contributed by atoms with van der Waals surface area (Å²) in [5, 5.41) is 3.21. The quantitative estimate of drug-likeness (QED) is 0.655. The van der Waals surface area contributed by atoms with Crippen molar-refractivity contribution in [3.63, 3.8) is 0 Å². The van der Waals surface area contributed by atoms with Gasteiger partial charge in [0.25, 0.3) is 0 Å². The van der Waals surface area contributed by atoms with E-state index >= 15 is 0 Å². The molecule has 1 atom stereocenters. The molecular weight excluding hydrogens is 378 g/mol. The van der Waals surface area contributed by atoms with E-state index in [4.69, 9.17) is 9.47 Å². The highest BCUT2D eigenvalue weighted by molar-refractivity contribution is 5.85. The molecule has 1 fully saturated rings. The third-order valence-electron chi connectivity index (χ3n) is 4.55. The van der Waals surface area contributed by atoms with E-state index in [-0.39, 0.29) is 29.8 Å². The Morgan fingerprint density at radius 1 is 1.30 bits per heavy atom. The first-order valence-electron chi connectivity index (χ1n) is 9.32. The number of unbranched alkanes of at least 4 members (excludes halogenated alkanes) is 2. The van der Waals surface area contributed by atoms with Crippen LogP contribution in [0.5, 0.6) is 5.75 Å². The summed E-state index contributed by atoms with van der Waals surface area (Å²) in [4.78, 5) is 13.9. The molecule has 0 aromatic heterocycles. The summed E-state index contributed by atoms with van der Waals surface area (Å²) in [5.41, 5.74) is -0.283. The van der Waals surface area contributed by atoms with Crippen LogP contribution in [0.25, 0.3) is 0 Å². The predicted octanol–water partition coefficient (Wildman–Crippen LogP) is 4.28. The smallest absolute Gasteiger partial charge is 0.410 e. The second-order valence-electron chi connectivity index (χ2n) is 6.41. The summed E-state index contributed by atoms with van der Waals surface area (Å²) in [6.45, 7) is 5.84. The van der Waals surface area contributed by atoms with Gasteiger partial charge >= 0.3 is 6.09 Å². The number of hydrogen-bond acceptors (Lipinski definition) is 4. The molecule has 2 rings (SSSR count). The molecule has 154 valence electrons. The van der Waals surface area contributed by atoms with Crippen LogP contribution in [0, 0.1) is 11.6 Å². The number of nitrogens with zero attached hydrogens (tertiary/aromatic N) is 1. The molecule has 5 nitrogen and oxygen atoms in total. The van der Waals surface area contributed by atoms with Crippen molar-refractivity contribution in [1.82, 2.24) is 10.2 Å². The Morgan fingerprint density at radius 2 is 2.07 bits per heavy atom. The Morgan fingerprint density at radius 3 is 2.78 bits per heavy atom. The molecule has 1 aliphatic rings. The molecule has 1 saturated heterocycles. The molecule has 8 heteroatoms. The van der Waals surface area contributed by atoms with E-state index in [1.807, 2.05) is 6.92 Å². The van der Waals surface area contributed by atoms with Crippen LogP contribution in [-0.4, -0.2) is 43.3 Å². The third kappa shape index (κ3) is 6.50. The maximum Gasteiger partial charge on any atom is 0.410 e. The predicted molar refractivity (Wildman–Crippen MR) is 102 cm³/mol. The number of ether oxygens (including phenoxy) is 2. The lowest BCUT2D eigenvalue weighted by Crippen LogP contribution is -2.53. The molecule has 0 aliphatic carbocycles. The average Bonchev–Trinajstić information content (AvgIpc) is 2.66. The van der Waals surface area contributed by atoms with Gasteiger partial charge in [0.2, 0.25) is 0 Å². The number of benzene rings is 1. The number of carbonyl (C=O) groups is 1. The molecule has 27 heavy (non-hydrogen) atoms. The van der Waals surface area contributed by atoms with Crippen LogP contribution in [0.4, 0.5) is 13.6 Å². The number of hydrogen-bond donors (Lipinski definition) is 1. The zero-order valence-electron chi connectivity index (χ0n) is 15.9. The van der Waals surface area contributed by atoms with Gasteiger partial charge in [-0.15, -0.1) is 12.4 Å². The molecule has 0 spiro atoms. The van der Waals surface area contributed by atoms with E-state index < -0.39 is 24.3 Å². The molecule has 1 aromatic carbocycles. The van der Waals surface area contributed by atoms with Crippen molar-refractivity contribution in [3.05, 3.63) is 29.3 Å². The van der Waals surface area contributed by atoms with Gasteiger partial charge in [-0.3, -0.25) is 0 Å². The fourth-order valence-corrected chi connectivity index (χ4v) is 2.94. The largest absolute Gasteiger partial charge is 0.491 e. The highest BCUT2D eigenvalue weighted by atomic mass is 35.5. The van der Waals surface area contributed by atoms with Crippen LogP contribution in [0.2, 0.25) is 0 Å². The van der Waals surface area contributed by atoms with Gasteiger partial charge in [-0.2, -0.15) is 0 Å². The zero-order valence-corrected chi connectivity index (χ0v) is 16.7. The Balaban J connectivity index is 0.00000364. The van der Waals surface area contributed by atoms with Gasteiger partial charge in [0.1, 0.15) is 12.4 Å². The Kier molecular flexibility index (Phi) is 10.4. The average molecular weight is 407 g/mol. The normalized spacial score (nSPS) is 16.6. The summed E-state index contributed by atoms with van der Waals surface area (Å²) >= 11 is 0. The molecule has 0 saturated carbocycles. The molecule has 0 bridgehead atoms. The van der Waals surface area contributed by atoms with Gasteiger partial charge < -0.3 is 19.7 Å². The number of amides is 1. The highest BCUT2D eigenvalue weighted by Gasteiger charge is 2.27. The van der Waals surface area contributed by atoms with E-state index in [9.17, 15) is 13.6 Å². The van der Waals surface area contributed by atoms with E-state index in [1.165, 1.54) is 6.07 Å². The van der Waals surface area contributed by atoms with Crippen molar-refractivity contribution in [2.24, 2.45) is 0 Å². The lowest BCUT2D eigenvalue weighted by atomic mass is 10.1. The lowest BCUT2D eigenvalue weighted by molar-refractivity contribution is 0.0697. The lowest BCUT2D eigenvalue weighted by Gasteiger charge is -2.34. The first-order valence-corrected chi connectivity index (χ1v) is 9.32. The van der Waals surface area contributed by atoms with Gasteiger partial charge in [-0.05, 0) is 25.0 Å². The van der Waals surface area contributed by atoms with Crippen LogP contribution < -0.4 is 10.1 Å². The monoisotopic (exact) mass is 406 g/mol. The van der Waals surface area contributed by atoms with Crippen LogP contribution >= 0.6 is 12.4 Å². The van der Waals surface area contributed by atoms with Crippen LogP contribution in [-0.2, 0) is 11.3 Å². The second-order valence-corrected chi connectivity index (χ2v) is 6.41. The van der Waals surface area contributed by atoms with Gasteiger partial charge in [0.15, 0.2) is 11.6 Å². The van der Waals surface area contributed by atoms with Crippen molar-refractivity contribution >= 4 is 18.5 Å². The molecule has 1 aliphatic heterocycles. The Labute approximate surface area is 165 Å². The van der Waals surface area contributed by atoms with Gasteiger partial charge in [-0.1, -0.05) is 26.7 Å². The van der Waals surface area contributed by atoms with Crippen molar-refractivity contribution in [3.8, 4) is 5.75 Å². The molecule has 1 unspecified atom stereocenters. The van der Waals surface area contributed by atoms with E-state index in [2.05, 4.69) is 12.2 Å². The van der Waals surface area contributed by atoms with Crippen molar-refractivity contribution < 1.29 is 23.0 Å². The van der Waals surface area contributed by atoms with E-state index in [0.29, 0.717) is 26.2 Å². The van der Waals surface area contributed by atoms with E-state index in [0.717, 1.165) is 31.7 Å². The first-order chi connectivity index (χ1) is 12.6. The van der Waals surface area contributed by atoms with Crippen molar-refractivity contribution in [2.75, 3.05) is 26.2 Å². The molecule has 0 radical (unpaired) electrons. The Bertz CT molecular complexity index is 605. The molecular formula is C19H29ClF2N2O3. The number of rotatable bonds is 8. The number of carbonyl (C=O) groups excluding carboxylic acids is 1. The maximum absolute atomic E-state index is 14.5. The fraction of sp³-hybridized carbons (Fsp3) is 0.632. The van der Waals surface area contributed by atoms with E-state index in [1.54, 1.807) is 4.90 Å².